The molecule has 7 heteroatoms. The third-order valence-electron chi connectivity index (χ3n) is 5.77. The number of anilines is 2. The van der Waals surface area contributed by atoms with Gasteiger partial charge in [-0.05, 0) is 59.7 Å². The van der Waals surface area contributed by atoms with Crippen LogP contribution in [0.15, 0.2) is 110 Å². The molecule has 3 N–H and O–H groups in total. The summed E-state index contributed by atoms with van der Waals surface area (Å²) in [5.41, 5.74) is 12.0. The molecule has 0 amide bonds. The number of rotatable bonds is 8. The average molecular weight is 488 g/mol. The van der Waals surface area contributed by atoms with Crippen LogP contribution in [0.2, 0.25) is 0 Å². The third-order valence-corrected chi connectivity index (χ3v) is 5.77. The van der Waals surface area contributed by atoms with E-state index in [1.54, 1.807) is 31.6 Å². The van der Waals surface area contributed by atoms with E-state index in [1.807, 2.05) is 60.7 Å². The summed E-state index contributed by atoms with van der Waals surface area (Å²) in [6.45, 7) is 7.71. The van der Waals surface area contributed by atoms with E-state index >= 15 is 0 Å². The highest BCUT2D eigenvalue weighted by Gasteiger charge is 2.15. The fraction of sp³-hybridized carbons (Fsp3) is 0.0333. The molecular weight excluding hydrogens is 462 g/mol. The molecule has 2 heterocycles. The van der Waals surface area contributed by atoms with E-state index in [9.17, 15) is 0 Å². The number of fused-ring (bicyclic) bond motifs is 1. The second kappa shape index (κ2) is 10.2. The Kier molecular flexibility index (Phi) is 6.50. The summed E-state index contributed by atoms with van der Waals surface area (Å²) in [4.78, 5) is 13.0. The topological polar surface area (TPSA) is 95.2 Å². The molecule has 2 aromatic heterocycles. The Labute approximate surface area is 215 Å². The first-order chi connectivity index (χ1) is 18.0. The number of hydrogen-bond acceptors (Lipinski definition) is 7. The van der Waals surface area contributed by atoms with Crippen molar-refractivity contribution in [2.24, 2.45) is 0 Å². The molecule has 0 spiro atoms. The zero-order chi connectivity index (χ0) is 25.8. The van der Waals surface area contributed by atoms with Gasteiger partial charge in [-0.3, -0.25) is 0 Å². The van der Waals surface area contributed by atoms with Gasteiger partial charge in [0.15, 0.2) is 0 Å². The first-order valence-electron chi connectivity index (χ1n) is 11.6. The van der Waals surface area contributed by atoms with Crippen LogP contribution in [-0.4, -0.2) is 22.1 Å². The predicted molar refractivity (Wildman–Crippen MR) is 149 cm³/mol. The van der Waals surface area contributed by atoms with Crippen LogP contribution in [0.4, 0.5) is 11.6 Å². The van der Waals surface area contributed by atoms with E-state index in [0.717, 1.165) is 38.8 Å². The average Bonchev–Trinajstić information content (AvgIpc) is 2.93. The molecule has 0 aliphatic carbocycles. The van der Waals surface area contributed by atoms with Gasteiger partial charge in [0.1, 0.15) is 11.5 Å². The number of nitrogen functional groups attached to an aromatic ring is 1. The summed E-state index contributed by atoms with van der Waals surface area (Å²) >= 11 is 0. The number of aromatic nitrogens is 3. The molecule has 0 atom stereocenters. The molecule has 0 saturated heterocycles. The normalized spacial score (nSPS) is 10.6. The molecular formula is C30H25N5O2. The Morgan fingerprint density at radius 3 is 2.62 bits per heavy atom. The molecule has 5 rings (SSSR count). The maximum Gasteiger partial charge on any atom is 0.220 e. The highest BCUT2D eigenvalue weighted by atomic mass is 16.5. The van der Waals surface area contributed by atoms with Crippen molar-refractivity contribution < 1.29 is 9.47 Å². The van der Waals surface area contributed by atoms with Gasteiger partial charge >= 0.3 is 0 Å². The molecule has 0 unspecified atom stereocenters. The largest absolute Gasteiger partial charge is 0.496 e. The van der Waals surface area contributed by atoms with Crippen LogP contribution in [0.1, 0.15) is 0 Å². The fourth-order valence-electron chi connectivity index (χ4n) is 4.04. The first-order valence-corrected chi connectivity index (χ1v) is 11.6. The van der Waals surface area contributed by atoms with E-state index in [1.165, 1.54) is 0 Å². The Balaban J connectivity index is 1.62. The number of ether oxygens (including phenoxy) is 2. The number of nitrogens with zero attached hydrogens (tertiary/aromatic N) is 3. The molecule has 5 aromatic rings. The van der Waals surface area contributed by atoms with E-state index in [-0.39, 0.29) is 5.95 Å². The summed E-state index contributed by atoms with van der Waals surface area (Å²) in [7, 11) is 1.64. The second-order valence-corrected chi connectivity index (χ2v) is 8.26. The maximum absolute atomic E-state index is 5.96. The van der Waals surface area contributed by atoms with Crippen molar-refractivity contribution in [2.75, 3.05) is 18.2 Å². The van der Waals surface area contributed by atoms with Crippen LogP contribution in [0.5, 0.6) is 17.4 Å². The number of allylic oxidation sites excluding steroid dienone is 1. The highest BCUT2D eigenvalue weighted by molar-refractivity contribution is 5.98. The molecule has 0 aliphatic rings. The molecule has 3 aromatic carbocycles. The minimum Gasteiger partial charge on any atom is -0.496 e. The van der Waals surface area contributed by atoms with Gasteiger partial charge in [0.05, 0.1) is 12.6 Å². The van der Waals surface area contributed by atoms with E-state index in [4.69, 9.17) is 15.2 Å². The zero-order valence-electron chi connectivity index (χ0n) is 20.3. The van der Waals surface area contributed by atoms with Gasteiger partial charge in [-0.25, -0.2) is 15.0 Å². The molecule has 37 heavy (non-hydrogen) atoms. The first kappa shape index (κ1) is 23.6. The van der Waals surface area contributed by atoms with Crippen LogP contribution in [0.25, 0.3) is 33.2 Å². The van der Waals surface area contributed by atoms with Gasteiger partial charge in [-0.2, -0.15) is 0 Å². The number of nitrogens with two attached hydrogens (primary N) is 1. The SMILES string of the molecule is C=CC(=C)Nc1cccc(-c2cc(-c3ccc(Oc4ccccn4)cc3OC)cc3cnc(N)nc23)c1. The Bertz CT molecular complexity index is 1620. The van der Waals surface area contributed by atoms with Crippen molar-refractivity contribution >= 4 is 22.5 Å². The van der Waals surface area contributed by atoms with Crippen molar-refractivity contribution in [2.45, 2.75) is 0 Å². The molecule has 0 radical (unpaired) electrons. The number of methoxy groups -OCH3 is 1. The van der Waals surface area contributed by atoms with E-state index < -0.39 is 0 Å². The lowest BCUT2D eigenvalue weighted by molar-refractivity contribution is 0.409. The maximum atomic E-state index is 5.96. The van der Waals surface area contributed by atoms with Gasteiger partial charge in [0, 0.05) is 52.4 Å². The minimum atomic E-state index is 0.212. The smallest absolute Gasteiger partial charge is 0.220 e. The summed E-state index contributed by atoms with van der Waals surface area (Å²) in [6.07, 6.45) is 5.09. The summed E-state index contributed by atoms with van der Waals surface area (Å²) in [5, 5.41) is 4.10. The highest BCUT2D eigenvalue weighted by Crippen LogP contribution is 2.39. The Morgan fingerprint density at radius 1 is 0.946 bits per heavy atom. The van der Waals surface area contributed by atoms with Gasteiger partial charge < -0.3 is 20.5 Å². The Hall–Kier alpha value is -5.17. The van der Waals surface area contributed by atoms with Crippen molar-refractivity contribution in [3.8, 4) is 39.6 Å². The van der Waals surface area contributed by atoms with Crippen molar-refractivity contribution in [3.63, 3.8) is 0 Å². The van der Waals surface area contributed by atoms with Crippen LogP contribution in [0, 0.1) is 0 Å². The van der Waals surface area contributed by atoms with Crippen molar-refractivity contribution in [1.29, 1.82) is 0 Å². The summed E-state index contributed by atoms with van der Waals surface area (Å²) in [6, 6.07) is 23.3. The zero-order valence-corrected chi connectivity index (χ0v) is 20.3. The standard InChI is InChI=1S/C30H25N5O2/c1-4-19(2)34-23-9-7-8-20(15-23)26-16-21(14-22-18-33-30(31)35-29(22)26)25-12-11-24(17-27(25)36-3)37-28-10-5-6-13-32-28/h4-18,34H,1-2H2,3H3,(H2,31,33,35). The fourth-order valence-corrected chi connectivity index (χ4v) is 4.04. The lowest BCUT2D eigenvalue weighted by Gasteiger charge is -2.15. The molecule has 7 nitrogen and oxygen atoms in total. The van der Waals surface area contributed by atoms with Crippen LogP contribution < -0.4 is 20.5 Å². The Morgan fingerprint density at radius 2 is 1.84 bits per heavy atom. The number of hydrogen-bond donors (Lipinski definition) is 2. The van der Waals surface area contributed by atoms with E-state index in [0.29, 0.717) is 23.1 Å². The van der Waals surface area contributed by atoms with Crippen molar-refractivity contribution in [3.05, 3.63) is 110 Å². The number of nitrogens with one attached hydrogen (secondary N) is 1. The lowest BCUT2D eigenvalue weighted by Crippen LogP contribution is -1.98. The van der Waals surface area contributed by atoms with Crippen LogP contribution in [0.3, 0.4) is 0 Å². The van der Waals surface area contributed by atoms with E-state index in [2.05, 4.69) is 39.5 Å². The van der Waals surface area contributed by atoms with Gasteiger partial charge in [-0.15, -0.1) is 0 Å². The predicted octanol–water partition coefficient (Wildman–Crippen LogP) is 6.85. The van der Waals surface area contributed by atoms with Crippen molar-refractivity contribution in [1.82, 2.24) is 15.0 Å². The van der Waals surface area contributed by atoms with Crippen LogP contribution >= 0.6 is 0 Å². The quantitative estimate of drug-likeness (QED) is 0.231. The number of pyridine rings is 1. The summed E-state index contributed by atoms with van der Waals surface area (Å²) in [5.74, 6) is 2.00. The van der Waals surface area contributed by atoms with Crippen LogP contribution in [-0.2, 0) is 0 Å². The summed E-state index contributed by atoms with van der Waals surface area (Å²) < 4.78 is 11.6. The van der Waals surface area contributed by atoms with Gasteiger partial charge in [0.25, 0.3) is 0 Å². The minimum absolute atomic E-state index is 0.212. The molecule has 0 fully saturated rings. The number of benzene rings is 3. The monoisotopic (exact) mass is 487 g/mol. The van der Waals surface area contributed by atoms with Gasteiger partial charge in [0.2, 0.25) is 11.8 Å². The second-order valence-electron chi connectivity index (χ2n) is 8.26. The molecule has 0 aliphatic heterocycles. The lowest BCUT2D eigenvalue weighted by atomic mass is 9.95. The molecule has 182 valence electrons. The molecule has 0 bridgehead atoms. The molecule has 0 saturated carbocycles. The van der Waals surface area contributed by atoms with Gasteiger partial charge in [-0.1, -0.05) is 31.4 Å². The third kappa shape index (κ3) is 5.11.